The fourth-order valence-electron chi connectivity index (χ4n) is 1.97. The summed E-state index contributed by atoms with van der Waals surface area (Å²) in [5.74, 6) is -0.837. The van der Waals surface area contributed by atoms with Gasteiger partial charge in [-0.3, -0.25) is 0 Å². The van der Waals surface area contributed by atoms with Crippen molar-refractivity contribution < 1.29 is 8.78 Å². The van der Waals surface area contributed by atoms with Crippen LogP contribution in [0.5, 0.6) is 0 Å². The Labute approximate surface area is 124 Å². The second-order valence-corrected chi connectivity index (χ2v) is 5.53. The lowest BCUT2D eigenvalue weighted by Gasteiger charge is -2.15. The molecule has 1 unspecified atom stereocenters. The van der Waals surface area contributed by atoms with Crippen molar-refractivity contribution in [3.63, 3.8) is 0 Å². The number of benzene rings is 2. The van der Waals surface area contributed by atoms with E-state index in [1.807, 2.05) is 24.3 Å². The Kier molecular flexibility index (Phi) is 4.94. The molecule has 0 spiro atoms. The van der Waals surface area contributed by atoms with Crippen molar-refractivity contribution >= 4 is 27.5 Å². The molecule has 0 heterocycles. The van der Waals surface area contributed by atoms with Crippen LogP contribution in [-0.2, 0) is 6.42 Å². The summed E-state index contributed by atoms with van der Waals surface area (Å²) in [7, 11) is 0. The van der Waals surface area contributed by atoms with Gasteiger partial charge in [-0.1, -0.05) is 34.1 Å². The van der Waals surface area contributed by atoms with E-state index in [0.717, 1.165) is 10.0 Å². The second kappa shape index (κ2) is 6.49. The third-order valence-electron chi connectivity index (χ3n) is 3.04. The highest BCUT2D eigenvalue weighted by Crippen LogP contribution is 2.26. The van der Waals surface area contributed by atoms with E-state index in [1.165, 1.54) is 18.2 Å². The van der Waals surface area contributed by atoms with E-state index < -0.39 is 11.6 Å². The molecule has 4 heteroatoms. The fourth-order valence-corrected chi connectivity index (χ4v) is 2.52. The molecule has 0 aliphatic carbocycles. The van der Waals surface area contributed by atoms with Gasteiger partial charge in [-0.25, -0.2) is 8.78 Å². The van der Waals surface area contributed by atoms with Crippen molar-refractivity contribution in [2.75, 3.05) is 5.88 Å². The normalized spacial score (nSPS) is 12.4. The fraction of sp³-hybridized carbons (Fsp3) is 0.200. The number of halogens is 4. The van der Waals surface area contributed by atoms with Gasteiger partial charge in [0.05, 0.1) is 0 Å². The Balaban J connectivity index is 2.26. The average Bonchev–Trinajstić information content (AvgIpc) is 2.40. The molecule has 0 radical (unpaired) electrons. The number of alkyl halides is 1. The van der Waals surface area contributed by atoms with Crippen LogP contribution in [0.25, 0.3) is 0 Å². The van der Waals surface area contributed by atoms with E-state index in [0.29, 0.717) is 5.88 Å². The van der Waals surface area contributed by atoms with Crippen LogP contribution >= 0.6 is 27.5 Å². The predicted molar refractivity (Wildman–Crippen MR) is 77.7 cm³/mol. The maximum Gasteiger partial charge on any atom is 0.129 e. The van der Waals surface area contributed by atoms with Crippen LogP contribution in [0.15, 0.2) is 46.9 Å². The molecule has 0 saturated carbocycles. The first-order valence-corrected chi connectivity index (χ1v) is 7.19. The third kappa shape index (κ3) is 3.54. The van der Waals surface area contributed by atoms with Crippen molar-refractivity contribution in [3.05, 3.63) is 69.7 Å². The zero-order chi connectivity index (χ0) is 13.8. The molecular weight excluding hydrogens is 334 g/mol. The lowest BCUT2D eigenvalue weighted by molar-refractivity contribution is 0.544. The van der Waals surface area contributed by atoms with Gasteiger partial charge in [0.1, 0.15) is 11.6 Å². The van der Waals surface area contributed by atoms with Crippen molar-refractivity contribution in [1.82, 2.24) is 0 Å². The summed E-state index contributed by atoms with van der Waals surface area (Å²) in [5.41, 5.74) is 1.07. The molecule has 0 amide bonds. The van der Waals surface area contributed by atoms with Gasteiger partial charge in [0, 0.05) is 21.8 Å². The summed E-state index contributed by atoms with van der Waals surface area (Å²) in [5, 5.41) is 0. The van der Waals surface area contributed by atoms with Crippen LogP contribution in [-0.4, -0.2) is 5.88 Å². The molecule has 19 heavy (non-hydrogen) atoms. The molecule has 1 atom stereocenters. The Hall–Kier alpha value is -0.930. The third-order valence-corrected chi connectivity index (χ3v) is 3.94. The highest BCUT2D eigenvalue weighted by molar-refractivity contribution is 9.10. The van der Waals surface area contributed by atoms with Crippen LogP contribution in [0.3, 0.4) is 0 Å². The van der Waals surface area contributed by atoms with Gasteiger partial charge in [-0.2, -0.15) is 0 Å². The van der Waals surface area contributed by atoms with E-state index in [1.54, 1.807) is 0 Å². The zero-order valence-corrected chi connectivity index (χ0v) is 12.4. The molecule has 0 aromatic heterocycles. The van der Waals surface area contributed by atoms with E-state index in [9.17, 15) is 8.78 Å². The minimum atomic E-state index is -0.521. The largest absolute Gasteiger partial charge is 0.207 e. The molecule has 100 valence electrons. The lowest BCUT2D eigenvalue weighted by Crippen LogP contribution is -2.08. The van der Waals surface area contributed by atoms with Crippen molar-refractivity contribution in [1.29, 1.82) is 0 Å². The molecule has 0 fully saturated rings. The smallest absolute Gasteiger partial charge is 0.129 e. The first-order chi connectivity index (χ1) is 9.11. The summed E-state index contributed by atoms with van der Waals surface area (Å²) in [6.07, 6.45) is 0.254. The van der Waals surface area contributed by atoms with Crippen LogP contribution in [0.1, 0.15) is 17.0 Å². The van der Waals surface area contributed by atoms with E-state index >= 15 is 0 Å². The Morgan fingerprint density at radius 3 is 2.11 bits per heavy atom. The minimum Gasteiger partial charge on any atom is -0.207 e. The van der Waals surface area contributed by atoms with Gasteiger partial charge in [0.2, 0.25) is 0 Å². The molecule has 2 rings (SSSR count). The second-order valence-electron chi connectivity index (χ2n) is 4.31. The van der Waals surface area contributed by atoms with Crippen LogP contribution in [0, 0.1) is 11.6 Å². The standard InChI is InChI=1S/C15H12BrClF2/c16-12-6-4-10(5-7-12)11(9-17)8-13-14(18)2-1-3-15(13)19/h1-7,11H,8-9H2. The monoisotopic (exact) mass is 344 g/mol. The minimum absolute atomic E-state index is 0.0936. The highest BCUT2D eigenvalue weighted by Gasteiger charge is 2.16. The zero-order valence-electron chi connectivity index (χ0n) is 10.0. The molecule has 2 aromatic rings. The summed E-state index contributed by atoms with van der Waals surface area (Å²) in [6.45, 7) is 0. The Morgan fingerprint density at radius 2 is 1.58 bits per heavy atom. The van der Waals surface area contributed by atoms with Gasteiger partial charge < -0.3 is 0 Å². The van der Waals surface area contributed by atoms with Crippen molar-refractivity contribution in [2.24, 2.45) is 0 Å². The molecule has 0 aliphatic rings. The average molecular weight is 346 g/mol. The first-order valence-electron chi connectivity index (χ1n) is 5.86. The molecular formula is C15H12BrClF2. The van der Waals surface area contributed by atoms with Gasteiger partial charge in [-0.05, 0) is 36.2 Å². The molecule has 0 aliphatic heterocycles. The summed E-state index contributed by atoms with van der Waals surface area (Å²) in [4.78, 5) is 0. The van der Waals surface area contributed by atoms with Crippen LogP contribution in [0.4, 0.5) is 8.78 Å². The van der Waals surface area contributed by atoms with Gasteiger partial charge >= 0.3 is 0 Å². The Morgan fingerprint density at radius 1 is 1.00 bits per heavy atom. The maximum absolute atomic E-state index is 13.6. The van der Waals surface area contributed by atoms with E-state index in [4.69, 9.17) is 11.6 Å². The molecule has 0 saturated heterocycles. The van der Waals surface area contributed by atoms with Gasteiger partial charge in [0.25, 0.3) is 0 Å². The maximum atomic E-state index is 13.6. The van der Waals surface area contributed by atoms with E-state index in [-0.39, 0.29) is 17.9 Å². The van der Waals surface area contributed by atoms with Crippen molar-refractivity contribution in [2.45, 2.75) is 12.3 Å². The summed E-state index contributed by atoms with van der Waals surface area (Å²) >= 11 is 9.29. The van der Waals surface area contributed by atoms with Crippen molar-refractivity contribution in [3.8, 4) is 0 Å². The van der Waals surface area contributed by atoms with Crippen LogP contribution in [0.2, 0.25) is 0 Å². The lowest BCUT2D eigenvalue weighted by atomic mass is 9.93. The highest BCUT2D eigenvalue weighted by atomic mass is 79.9. The number of hydrogen-bond donors (Lipinski definition) is 0. The summed E-state index contributed by atoms with van der Waals surface area (Å²) in [6, 6.07) is 11.5. The first kappa shape index (κ1) is 14.5. The topological polar surface area (TPSA) is 0 Å². The molecule has 2 aromatic carbocycles. The van der Waals surface area contributed by atoms with Gasteiger partial charge in [-0.15, -0.1) is 11.6 Å². The Bertz CT molecular complexity index is 534. The quantitative estimate of drug-likeness (QED) is 0.660. The number of hydrogen-bond acceptors (Lipinski definition) is 0. The molecule has 0 nitrogen and oxygen atoms in total. The number of rotatable bonds is 4. The SMILES string of the molecule is Fc1cccc(F)c1CC(CCl)c1ccc(Br)cc1. The van der Waals surface area contributed by atoms with E-state index in [2.05, 4.69) is 15.9 Å². The molecule has 0 N–H and O–H groups in total. The van der Waals surface area contributed by atoms with Crippen LogP contribution < -0.4 is 0 Å². The summed E-state index contributed by atoms with van der Waals surface area (Å²) < 4.78 is 28.2. The van der Waals surface area contributed by atoms with Gasteiger partial charge in [0.15, 0.2) is 0 Å². The molecule has 0 bridgehead atoms. The predicted octanol–water partition coefficient (Wildman–Crippen LogP) is 5.29.